The second kappa shape index (κ2) is 9.28. The molecule has 6 heteroatoms. The van der Waals surface area contributed by atoms with Gasteiger partial charge in [-0.15, -0.1) is 0 Å². The first-order valence-corrected chi connectivity index (χ1v) is 11.4. The quantitative estimate of drug-likeness (QED) is 0.357. The monoisotopic (exact) mass is 438 g/mol. The van der Waals surface area contributed by atoms with E-state index in [0.29, 0.717) is 17.1 Å². The van der Waals surface area contributed by atoms with Crippen molar-refractivity contribution in [3.63, 3.8) is 0 Å². The van der Waals surface area contributed by atoms with Gasteiger partial charge in [-0.1, -0.05) is 49.6 Å². The second-order valence-electron chi connectivity index (χ2n) is 8.51. The summed E-state index contributed by atoms with van der Waals surface area (Å²) in [7, 11) is 0. The number of nitrogens with one attached hydrogen (secondary N) is 3. The number of amides is 2. The van der Waals surface area contributed by atoms with Crippen LogP contribution in [0.15, 0.2) is 72.8 Å². The highest BCUT2D eigenvalue weighted by Crippen LogP contribution is 2.30. The van der Waals surface area contributed by atoms with E-state index in [1.54, 1.807) is 12.1 Å². The van der Waals surface area contributed by atoms with Crippen LogP contribution in [0, 0.1) is 5.92 Å². The molecule has 0 radical (unpaired) electrons. The fourth-order valence-electron chi connectivity index (χ4n) is 4.41. The molecule has 1 aliphatic carbocycles. The van der Waals surface area contributed by atoms with E-state index in [1.165, 1.54) is 6.42 Å². The number of anilines is 2. The van der Waals surface area contributed by atoms with E-state index < -0.39 is 0 Å². The average molecular weight is 439 g/mol. The first-order valence-electron chi connectivity index (χ1n) is 11.4. The van der Waals surface area contributed by atoms with Crippen molar-refractivity contribution in [2.45, 2.75) is 32.1 Å². The van der Waals surface area contributed by atoms with Crippen molar-refractivity contribution in [2.24, 2.45) is 5.92 Å². The third-order valence-corrected chi connectivity index (χ3v) is 6.19. The summed E-state index contributed by atoms with van der Waals surface area (Å²) in [4.78, 5) is 33.3. The summed E-state index contributed by atoms with van der Waals surface area (Å²) in [5.74, 6) is 0.686. The second-order valence-corrected chi connectivity index (χ2v) is 8.51. The summed E-state index contributed by atoms with van der Waals surface area (Å²) < 4.78 is 0. The number of aromatic nitrogens is 2. The first kappa shape index (κ1) is 20.9. The largest absolute Gasteiger partial charge is 0.338 e. The summed E-state index contributed by atoms with van der Waals surface area (Å²) in [6.07, 6.45) is 5.41. The standard InChI is InChI=1S/C27H26N4O2/c32-26(18-9-3-1-4-10-18)28-20-15-16-23-24(17-20)30-25(29-23)21-13-7-8-14-22(21)31-27(33)19-11-5-2-6-12-19/h2,5-8,11-18H,1,3-4,9-10H2,(H,28,32)(H,29,30)(H,31,33). The maximum Gasteiger partial charge on any atom is 0.255 e. The van der Waals surface area contributed by atoms with Gasteiger partial charge in [-0.3, -0.25) is 9.59 Å². The normalized spacial score (nSPS) is 14.2. The summed E-state index contributed by atoms with van der Waals surface area (Å²) in [6.45, 7) is 0. The van der Waals surface area contributed by atoms with Crippen LogP contribution in [-0.4, -0.2) is 21.8 Å². The number of aromatic amines is 1. The molecule has 0 saturated heterocycles. The maximum absolute atomic E-state index is 12.7. The molecular formula is C27H26N4O2. The Morgan fingerprint density at radius 1 is 0.848 bits per heavy atom. The third kappa shape index (κ3) is 4.65. The Balaban J connectivity index is 1.38. The predicted molar refractivity (Wildman–Crippen MR) is 131 cm³/mol. The Labute approximate surface area is 192 Å². The number of H-pyrrole nitrogens is 1. The molecule has 0 spiro atoms. The Hall–Kier alpha value is -3.93. The highest BCUT2D eigenvalue weighted by molar-refractivity contribution is 6.06. The molecule has 33 heavy (non-hydrogen) atoms. The van der Waals surface area contributed by atoms with Crippen LogP contribution in [0.5, 0.6) is 0 Å². The number of rotatable bonds is 5. The fraction of sp³-hybridized carbons (Fsp3) is 0.222. The zero-order chi connectivity index (χ0) is 22.6. The molecule has 1 saturated carbocycles. The van der Waals surface area contributed by atoms with E-state index in [9.17, 15) is 9.59 Å². The number of para-hydroxylation sites is 1. The predicted octanol–water partition coefficient (Wildman–Crippen LogP) is 6.00. The van der Waals surface area contributed by atoms with Gasteiger partial charge in [-0.05, 0) is 55.3 Å². The zero-order valence-corrected chi connectivity index (χ0v) is 18.3. The Bertz CT molecular complexity index is 1290. The van der Waals surface area contributed by atoms with Crippen molar-refractivity contribution in [1.29, 1.82) is 0 Å². The molecule has 5 rings (SSSR count). The Morgan fingerprint density at radius 2 is 1.61 bits per heavy atom. The van der Waals surface area contributed by atoms with Gasteiger partial charge in [0.25, 0.3) is 5.91 Å². The highest BCUT2D eigenvalue weighted by atomic mass is 16.2. The van der Waals surface area contributed by atoms with Gasteiger partial charge < -0.3 is 15.6 Å². The lowest BCUT2D eigenvalue weighted by molar-refractivity contribution is -0.120. The van der Waals surface area contributed by atoms with Gasteiger partial charge in [0.05, 0.1) is 16.7 Å². The van der Waals surface area contributed by atoms with Crippen molar-refractivity contribution < 1.29 is 9.59 Å². The van der Waals surface area contributed by atoms with E-state index >= 15 is 0 Å². The molecule has 1 aromatic heterocycles. The lowest BCUT2D eigenvalue weighted by Gasteiger charge is -2.20. The van der Waals surface area contributed by atoms with Gasteiger partial charge in [0.1, 0.15) is 5.82 Å². The van der Waals surface area contributed by atoms with Crippen molar-refractivity contribution in [3.8, 4) is 11.4 Å². The minimum Gasteiger partial charge on any atom is -0.338 e. The molecule has 0 bridgehead atoms. The molecule has 0 aliphatic heterocycles. The highest BCUT2D eigenvalue weighted by Gasteiger charge is 2.21. The number of nitrogens with zero attached hydrogens (tertiary/aromatic N) is 1. The van der Waals surface area contributed by atoms with Crippen LogP contribution >= 0.6 is 0 Å². The molecule has 3 aromatic carbocycles. The van der Waals surface area contributed by atoms with Gasteiger partial charge in [-0.2, -0.15) is 0 Å². The zero-order valence-electron chi connectivity index (χ0n) is 18.3. The Morgan fingerprint density at radius 3 is 2.42 bits per heavy atom. The number of fused-ring (bicyclic) bond motifs is 1. The van der Waals surface area contributed by atoms with Crippen LogP contribution in [-0.2, 0) is 4.79 Å². The van der Waals surface area contributed by atoms with Gasteiger partial charge >= 0.3 is 0 Å². The van der Waals surface area contributed by atoms with Crippen LogP contribution in [0.1, 0.15) is 42.5 Å². The van der Waals surface area contributed by atoms with E-state index in [1.807, 2.05) is 60.7 Å². The third-order valence-electron chi connectivity index (χ3n) is 6.19. The fourth-order valence-corrected chi connectivity index (χ4v) is 4.41. The van der Waals surface area contributed by atoms with Crippen molar-refractivity contribution in [3.05, 3.63) is 78.4 Å². The molecular weight excluding hydrogens is 412 g/mol. The summed E-state index contributed by atoms with van der Waals surface area (Å²) in [5, 5.41) is 6.05. The molecule has 1 aliphatic rings. The van der Waals surface area contributed by atoms with Crippen molar-refractivity contribution in [1.82, 2.24) is 9.97 Å². The Kier molecular flexibility index (Phi) is 5.89. The van der Waals surface area contributed by atoms with Crippen LogP contribution in [0.2, 0.25) is 0 Å². The molecule has 6 nitrogen and oxygen atoms in total. The van der Waals surface area contributed by atoms with Crippen LogP contribution in [0.4, 0.5) is 11.4 Å². The van der Waals surface area contributed by atoms with Gasteiger partial charge in [0.2, 0.25) is 5.91 Å². The topological polar surface area (TPSA) is 86.9 Å². The lowest BCUT2D eigenvalue weighted by atomic mass is 9.88. The summed E-state index contributed by atoms with van der Waals surface area (Å²) >= 11 is 0. The van der Waals surface area contributed by atoms with E-state index in [-0.39, 0.29) is 17.7 Å². The molecule has 0 atom stereocenters. The van der Waals surface area contributed by atoms with Crippen LogP contribution in [0.25, 0.3) is 22.4 Å². The minimum atomic E-state index is -0.174. The molecule has 1 fully saturated rings. The van der Waals surface area contributed by atoms with Crippen LogP contribution in [0.3, 0.4) is 0 Å². The van der Waals surface area contributed by atoms with E-state index in [2.05, 4.69) is 15.6 Å². The van der Waals surface area contributed by atoms with Gasteiger partial charge in [-0.25, -0.2) is 4.98 Å². The molecule has 0 unspecified atom stereocenters. The van der Waals surface area contributed by atoms with Crippen molar-refractivity contribution in [2.75, 3.05) is 10.6 Å². The number of hydrogen-bond acceptors (Lipinski definition) is 3. The minimum absolute atomic E-state index is 0.0998. The number of carbonyl (C=O) groups is 2. The SMILES string of the molecule is O=C(Nc1ccccc1-c1nc2ccc(NC(=O)C3CCCCC3)cc2[nH]1)c1ccccc1. The maximum atomic E-state index is 12.7. The summed E-state index contributed by atoms with van der Waals surface area (Å²) in [5.41, 5.74) is 4.46. The molecule has 166 valence electrons. The van der Waals surface area contributed by atoms with E-state index in [4.69, 9.17) is 4.98 Å². The molecule has 3 N–H and O–H groups in total. The van der Waals surface area contributed by atoms with E-state index in [0.717, 1.165) is 48.0 Å². The van der Waals surface area contributed by atoms with Crippen molar-refractivity contribution >= 4 is 34.2 Å². The van der Waals surface area contributed by atoms with Gasteiger partial charge in [0, 0.05) is 22.7 Å². The number of benzene rings is 3. The van der Waals surface area contributed by atoms with Gasteiger partial charge in [0.15, 0.2) is 0 Å². The first-order chi connectivity index (χ1) is 16.2. The summed E-state index contributed by atoms with van der Waals surface area (Å²) in [6, 6.07) is 22.4. The lowest BCUT2D eigenvalue weighted by Crippen LogP contribution is -2.24. The smallest absolute Gasteiger partial charge is 0.255 e. The average Bonchev–Trinajstić information content (AvgIpc) is 3.28. The molecule has 4 aromatic rings. The number of hydrogen-bond donors (Lipinski definition) is 3. The number of imidazole rings is 1. The van der Waals surface area contributed by atoms with Crippen LogP contribution < -0.4 is 10.6 Å². The number of carbonyl (C=O) groups excluding carboxylic acids is 2. The molecule has 2 amide bonds. The molecule has 1 heterocycles.